The Bertz CT molecular complexity index is 1620. The molecule has 1 aliphatic carbocycles. The van der Waals surface area contributed by atoms with Crippen molar-refractivity contribution in [3.05, 3.63) is 99.2 Å². The van der Waals surface area contributed by atoms with E-state index in [0.717, 1.165) is 16.8 Å². The highest BCUT2D eigenvalue weighted by Gasteiger charge is 2.30. The smallest absolute Gasteiger partial charge is 0.354 e. The number of carbonyl (C=O) groups excluding carboxylic acids is 1. The average Bonchev–Trinajstić information content (AvgIpc) is 3.24. The molecule has 8 nitrogen and oxygen atoms in total. The van der Waals surface area contributed by atoms with Crippen LogP contribution < -0.4 is 5.56 Å². The number of aryl methyl sites for hydroxylation is 3. The van der Waals surface area contributed by atoms with Crippen LogP contribution in [0.5, 0.6) is 0 Å². The molecule has 4 aromatic rings. The fourth-order valence-electron chi connectivity index (χ4n) is 4.56. The molecule has 36 heavy (non-hydrogen) atoms. The third kappa shape index (κ3) is 4.15. The van der Waals surface area contributed by atoms with E-state index in [0.29, 0.717) is 42.0 Å². The lowest BCUT2D eigenvalue weighted by Gasteiger charge is -2.21. The second kappa shape index (κ2) is 9.23. The number of aromatic amines is 1. The molecule has 1 N–H and O–H groups in total. The van der Waals surface area contributed by atoms with E-state index >= 15 is 0 Å². The molecule has 3 heterocycles. The summed E-state index contributed by atoms with van der Waals surface area (Å²) in [6.45, 7) is 4.21. The van der Waals surface area contributed by atoms with Crippen molar-refractivity contribution in [1.82, 2.24) is 14.5 Å². The number of fused-ring (bicyclic) bond motifs is 3. The van der Waals surface area contributed by atoms with Crippen LogP contribution >= 0.6 is 0 Å². The van der Waals surface area contributed by atoms with Gasteiger partial charge in [0.25, 0.3) is 5.56 Å². The van der Waals surface area contributed by atoms with Gasteiger partial charge in [-0.05, 0) is 73.7 Å². The number of pyridine rings is 2. The molecular weight excluding hydrogens is 478 g/mol. The van der Waals surface area contributed by atoms with Crippen LogP contribution in [0.3, 0.4) is 0 Å². The number of nitrogens with zero attached hydrogens (tertiary/aromatic N) is 2. The zero-order valence-electron chi connectivity index (χ0n) is 19.9. The van der Waals surface area contributed by atoms with Crippen molar-refractivity contribution >= 4 is 15.8 Å². The molecule has 0 spiro atoms. The number of H-pyrrole nitrogens is 1. The predicted molar refractivity (Wildman–Crippen MR) is 134 cm³/mol. The summed E-state index contributed by atoms with van der Waals surface area (Å²) in [6, 6.07) is 15.0. The lowest BCUT2D eigenvalue weighted by molar-refractivity contribution is 0.0514. The van der Waals surface area contributed by atoms with Gasteiger partial charge in [0.15, 0.2) is 0 Å². The van der Waals surface area contributed by atoms with Gasteiger partial charge in [-0.25, -0.2) is 13.2 Å². The quantitative estimate of drug-likeness (QED) is 0.402. The molecule has 184 valence electrons. The van der Waals surface area contributed by atoms with Gasteiger partial charge < -0.3 is 14.3 Å². The highest BCUT2D eigenvalue weighted by molar-refractivity contribution is 7.91. The van der Waals surface area contributed by atoms with E-state index in [1.165, 1.54) is 18.2 Å². The van der Waals surface area contributed by atoms with Gasteiger partial charge in [-0.3, -0.25) is 9.78 Å². The fraction of sp³-hybridized carbons (Fsp3) is 0.222. The molecular formula is C27H25N3O5S. The molecule has 0 radical (unpaired) electrons. The van der Waals surface area contributed by atoms with Crippen molar-refractivity contribution in [2.45, 2.75) is 43.0 Å². The zero-order valence-corrected chi connectivity index (χ0v) is 20.8. The number of hydrogen-bond donors (Lipinski definition) is 1. The van der Waals surface area contributed by atoms with Crippen LogP contribution in [0.4, 0.5) is 0 Å². The van der Waals surface area contributed by atoms with Crippen LogP contribution in [-0.2, 0) is 34.0 Å². The molecule has 0 saturated carbocycles. The summed E-state index contributed by atoms with van der Waals surface area (Å²) in [4.78, 5) is 32.9. The van der Waals surface area contributed by atoms with Gasteiger partial charge in [0.2, 0.25) is 9.84 Å². The van der Waals surface area contributed by atoms with Crippen LogP contribution in [-0.4, -0.2) is 35.5 Å². The first-order valence-electron chi connectivity index (χ1n) is 11.7. The Morgan fingerprint density at radius 3 is 2.53 bits per heavy atom. The van der Waals surface area contributed by atoms with Gasteiger partial charge in [0.1, 0.15) is 10.6 Å². The van der Waals surface area contributed by atoms with Crippen molar-refractivity contribution in [1.29, 1.82) is 0 Å². The van der Waals surface area contributed by atoms with E-state index in [9.17, 15) is 18.0 Å². The Morgan fingerprint density at radius 2 is 1.83 bits per heavy atom. The second-order valence-electron chi connectivity index (χ2n) is 8.70. The second-order valence-corrected chi connectivity index (χ2v) is 10.6. The summed E-state index contributed by atoms with van der Waals surface area (Å²) in [6.07, 6.45) is 2.86. The van der Waals surface area contributed by atoms with E-state index in [-0.39, 0.29) is 16.4 Å². The summed E-state index contributed by atoms with van der Waals surface area (Å²) < 4.78 is 33.5. The number of carbonyl (C=O) groups is 1. The maximum absolute atomic E-state index is 13.2. The van der Waals surface area contributed by atoms with E-state index < -0.39 is 21.4 Å². The molecule has 0 saturated heterocycles. The van der Waals surface area contributed by atoms with Crippen molar-refractivity contribution in [2.24, 2.45) is 0 Å². The predicted octanol–water partition coefficient (Wildman–Crippen LogP) is 3.70. The Balaban J connectivity index is 1.67. The number of aromatic nitrogens is 3. The van der Waals surface area contributed by atoms with Gasteiger partial charge in [-0.2, -0.15) is 0 Å². The summed E-state index contributed by atoms with van der Waals surface area (Å²) in [5.74, 6) is -0.459. The molecule has 1 aromatic carbocycles. The molecule has 0 bridgehead atoms. The molecule has 5 rings (SSSR count). The normalized spacial score (nSPS) is 12.6. The molecule has 9 heteroatoms. The molecule has 0 aliphatic heterocycles. The number of esters is 1. The highest BCUT2D eigenvalue weighted by Crippen LogP contribution is 2.36. The lowest BCUT2D eigenvalue weighted by Crippen LogP contribution is -2.22. The number of benzene rings is 1. The van der Waals surface area contributed by atoms with Gasteiger partial charge >= 0.3 is 5.97 Å². The minimum Gasteiger partial charge on any atom is -0.461 e. The third-order valence-corrected chi connectivity index (χ3v) is 8.08. The van der Waals surface area contributed by atoms with Crippen molar-refractivity contribution in [2.75, 3.05) is 6.61 Å². The maximum Gasteiger partial charge on any atom is 0.354 e. The van der Waals surface area contributed by atoms with Gasteiger partial charge in [0, 0.05) is 18.4 Å². The first-order valence-corrected chi connectivity index (χ1v) is 13.2. The minimum absolute atomic E-state index is 0.0618. The third-order valence-electron chi connectivity index (χ3n) is 6.31. The molecule has 0 unspecified atom stereocenters. The number of sulfone groups is 1. The Labute approximate surface area is 208 Å². The number of rotatable bonds is 6. The van der Waals surface area contributed by atoms with Crippen LogP contribution in [0.25, 0.3) is 11.4 Å². The first-order chi connectivity index (χ1) is 17.3. The largest absolute Gasteiger partial charge is 0.461 e. The molecule has 0 amide bonds. The lowest BCUT2D eigenvalue weighted by atomic mass is 9.94. The topological polar surface area (TPSA) is 111 Å². The molecule has 0 atom stereocenters. The minimum atomic E-state index is -3.99. The maximum atomic E-state index is 13.2. The summed E-state index contributed by atoms with van der Waals surface area (Å²) in [5, 5.41) is 0. The summed E-state index contributed by atoms with van der Waals surface area (Å²) in [5.41, 5.74) is 4.21. The van der Waals surface area contributed by atoms with Crippen molar-refractivity contribution in [3.8, 4) is 11.4 Å². The van der Waals surface area contributed by atoms with Gasteiger partial charge in [0.05, 0.1) is 22.9 Å². The van der Waals surface area contributed by atoms with Gasteiger partial charge in [-0.1, -0.05) is 24.3 Å². The van der Waals surface area contributed by atoms with E-state index in [2.05, 4.69) is 9.97 Å². The number of ether oxygens (including phenoxy) is 1. The molecule has 0 fully saturated rings. The zero-order chi connectivity index (χ0) is 25.4. The monoisotopic (exact) mass is 503 g/mol. The Hall–Kier alpha value is -3.98. The van der Waals surface area contributed by atoms with Gasteiger partial charge in [-0.15, -0.1) is 0 Å². The van der Waals surface area contributed by atoms with Crippen molar-refractivity contribution in [3.63, 3.8) is 0 Å². The Morgan fingerprint density at radius 1 is 1.08 bits per heavy atom. The first kappa shape index (κ1) is 23.7. The standard InChI is InChI=1S/C27H25N3O5S/c1-3-35-27(32)22-13-20-12-11-19-14-23(36(33,34)21-7-5-4-6-8-21)26(31)29-24(19)25(20)30(22)16-18-10-9-17(2)28-15-18/h4-10,13-15H,3,11-12,16H2,1-2H3,(H,29,31). The molecule has 1 aliphatic rings. The Kier molecular flexibility index (Phi) is 6.09. The van der Waals surface area contributed by atoms with Crippen LogP contribution in [0, 0.1) is 6.92 Å². The number of hydrogen-bond acceptors (Lipinski definition) is 6. The average molecular weight is 504 g/mol. The van der Waals surface area contributed by atoms with E-state index in [4.69, 9.17) is 4.74 Å². The van der Waals surface area contributed by atoms with E-state index in [1.54, 1.807) is 37.4 Å². The number of nitrogens with one attached hydrogen (secondary N) is 1. The SMILES string of the molecule is CCOC(=O)c1cc2c(n1Cc1ccc(C)nc1)-c1[nH]c(=O)c(S(=O)(=O)c3ccccc3)cc1CC2. The van der Waals surface area contributed by atoms with Crippen LogP contribution in [0.2, 0.25) is 0 Å². The van der Waals surface area contributed by atoms with Crippen molar-refractivity contribution < 1.29 is 17.9 Å². The summed E-state index contributed by atoms with van der Waals surface area (Å²) in [7, 11) is -3.99. The molecule has 3 aromatic heterocycles. The summed E-state index contributed by atoms with van der Waals surface area (Å²) >= 11 is 0. The van der Waals surface area contributed by atoms with Crippen LogP contribution in [0.1, 0.15) is 39.8 Å². The van der Waals surface area contributed by atoms with E-state index in [1.807, 2.05) is 23.6 Å². The highest BCUT2D eigenvalue weighted by atomic mass is 32.2. The van der Waals surface area contributed by atoms with Crippen LogP contribution in [0.15, 0.2) is 75.4 Å². The fourth-order valence-corrected chi connectivity index (χ4v) is 5.92.